The van der Waals surface area contributed by atoms with Crippen molar-refractivity contribution >= 4 is 38.9 Å². The van der Waals surface area contributed by atoms with Crippen molar-refractivity contribution in [3.63, 3.8) is 0 Å². The van der Waals surface area contributed by atoms with Crippen molar-refractivity contribution in [3.8, 4) is 5.75 Å². The number of hydrogen-bond acceptors (Lipinski definition) is 4. The molecule has 0 radical (unpaired) electrons. The maximum absolute atomic E-state index is 12.5. The molecule has 2 aromatic carbocycles. The van der Waals surface area contributed by atoms with Crippen molar-refractivity contribution in [2.75, 3.05) is 23.0 Å². The molecular formula is C16H17ClN2O4S. The van der Waals surface area contributed by atoms with Gasteiger partial charge in [0.1, 0.15) is 11.6 Å². The summed E-state index contributed by atoms with van der Waals surface area (Å²) in [4.78, 5) is 11.3. The summed E-state index contributed by atoms with van der Waals surface area (Å²) >= 11 is 5.41. The number of sulfonamides is 1. The Balaban J connectivity index is 2.25. The third kappa shape index (κ3) is 4.39. The van der Waals surface area contributed by atoms with E-state index in [0.717, 1.165) is 5.56 Å². The maximum atomic E-state index is 12.5. The van der Waals surface area contributed by atoms with Crippen LogP contribution in [0.15, 0.2) is 47.4 Å². The number of benzene rings is 2. The van der Waals surface area contributed by atoms with Crippen LogP contribution < -0.4 is 14.8 Å². The fourth-order valence-electron chi connectivity index (χ4n) is 2.02. The van der Waals surface area contributed by atoms with Crippen molar-refractivity contribution in [1.29, 1.82) is 0 Å². The zero-order chi connectivity index (χ0) is 17.7. The molecule has 0 bridgehead atoms. The van der Waals surface area contributed by atoms with E-state index in [0.29, 0.717) is 17.1 Å². The van der Waals surface area contributed by atoms with E-state index in [1.54, 1.807) is 12.1 Å². The first kappa shape index (κ1) is 18.1. The molecule has 1 amide bonds. The number of carbonyl (C=O) groups is 1. The summed E-state index contributed by atoms with van der Waals surface area (Å²) in [5.41, 5.74) is 1.72. The molecule has 0 saturated heterocycles. The number of methoxy groups -OCH3 is 1. The Morgan fingerprint density at radius 1 is 1.17 bits per heavy atom. The fraction of sp³-hybridized carbons (Fsp3) is 0.188. The minimum atomic E-state index is -3.78. The molecule has 0 aliphatic heterocycles. The van der Waals surface area contributed by atoms with Gasteiger partial charge in [-0.1, -0.05) is 6.07 Å². The number of carbonyl (C=O) groups excluding carboxylic acids is 1. The van der Waals surface area contributed by atoms with Gasteiger partial charge < -0.3 is 10.1 Å². The lowest BCUT2D eigenvalue weighted by molar-refractivity contribution is -0.113. The normalized spacial score (nSPS) is 11.0. The quantitative estimate of drug-likeness (QED) is 0.768. The topological polar surface area (TPSA) is 84.5 Å². The summed E-state index contributed by atoms with van der Waals surface area (Å²) < 4.78 is 32.7. The summed E-state index contributed by atoms with van der Waals surface area (Å²) in [5, 5.41) is 2.54. The predicted octanol–water partition coefficient (Wildman–Crippen LogP) is 2.98. The van der Waals surface area contributed by atoms with Crippen molar-refractivity contribution in [1.82, 2.24) is 0 Å². The van der Waals surface area contributed by atoms with Gasteiger partial charge in [-0.25, -0.2) is 8.42 Å². The van der Waals surface area contributed by atoms with E-state index in [2.05, 4.69) is 10.0 Å². The number of aryl methyl sites for hydroxylation is 1. The lowest BCUT2D eigenvalue weighted by Crippen LogP contribution is -2.15. The molecule has 128 valence electrons. The highest BCUT2D eigenvalue weighted by Crippen LogP contribution is 2.28. The number of alkyl halides is 1. The second-order valence-electron chi connectivity index (χ2n) is 5.02. The zero-order valence-corrected chi connectivity index (χ0v) is 14.7. The standard InChI is InChI=1S/C16H17ClN2O4S/c1-11-3-8-15(23-2)14(9-11)19-24(21,22)13-6-4-12(5-7-13)18-16(20)10-17/h3-9,19H,10H2,1-2H3,(H,18,20). The van der Waals surface area contributed by atoms with Gasteiger partial charge in [0.05, 0.1) is 17.7 Å². The van der Waals surface area contributed by atoms with E-state index in [1.165, 1.54) is 31.4 Å². The smallest absolute Gasteiger partial charge is 0.262 e. The molecule has 0 aliphatic carbocycles. The van der Waals surface area contributed by atoms with Gasteiger partial charge in [-0.05, 0) is 48.9 Å². The number of rotatable bonds is 6. The minimum absolute atomic E-state index is 0.0648. The zero-order valence-electron chi connectivity index (χ0n) is 13.2. The molecule has 0 atom stereocenters. The van der Waals surface area contributed by atoms with Gasteiger partial charge >= 0.3 is 0 Å². The van der Waals surface area contributed by atoms with E-state index in [4.69, 9.17) is 16.3 Å². The third-order valence-electron chi connectivity index (χ3n) is 3.17. The summed E-state index contributed by atoms with van der Waals surface area (Å²) in [7, 11) is -2.31. The Morgan fingerprint density at radius 3 is 2.42 bits per heavy atom. The molecule has 8 heteroatoms. The van der Waals surface area contributed by atoms with Gasteiger partial charge in [0.25, 0.3) is 10.0 Å². The van der Waals surface area contributed by atoms with Crippen LogP contribution in [-0.2, 0) is 14.8 Å². The van der Waals surface area contributed by atoms with Gasteiger partial charge in [-0.15, -0.1) is 11.6 Å². The van der Waals surface area contributed by atoms with Crippen molar-refractivity contribution in [3.05, 3.63) is 48.0 Å². The Bertz CT molecular complexity index is 836. The van der Waals surface area contributed by atoms with Crippen LogP contribution in [0.5, 0.6) is 5.75 Å². The first-order valence-corrected chi connectivity index (χ1v) is 9.01. The van der Waals surface area contributed by atoms with E-state index < -0.39 is 10.0 Å². The lowest BCUT2D eigenvalue weighted by atomic mass is 10.2. The molecule has 0 saturated carbocycles. The SMILES string of the molecule is COc1ccc(C)cc1NS(=O)(=O)c1ccc(NC(=O)CCl)cc1. The van der Waals surface area contributed by atoms with Crippen LogP contribution in [0.25, 0.3) is 0 Å². The number of anilines is 2. The molecule has 0 heterocycles. The Labute approximate surface area is 145 Å². The molecular weight excluding hydrogens is 352 g/mol. The monoisotopic (exact) mass is 368 g/mol. The largest absolute Gasteiger partial charge is 0.495 e. The Kier molecular flexibility index (Phi) is 5.69. The molecule has 0 aliphatic rings. The number of ether oxygens (including phenoxy) is 1. The molecule has 0 spiro atoms. The number of halogens is 1. The minimum Gasteiger partial charge on any atom is -0.495 e. The van der Waals surface area contributed by atoms with Crippen molar-refractivity contribution in [2.24, 2.45) is 0 Å². The second kappa shape index (κ2) is 7.55. The van der Waals surface area contributed by atoms with Crippen LogP contribution in [-0.4, -0.2) is 27.3 Å². The third-order valence-corrected chi connectivity index (χ3v) is 4.79. The van der Waals surface area contributed by atoms with Gasteiger partial charge in [0.15, 0.2) is 0 Å². The highest BCUT2D eigenvalue weighted by Gasteiger charge is 2.16. The predicted molar refractivity (Wildman–Crippen MR) is 94.3 cm³/mol. The maximum Gasteiger partial charge on any atom is 0.262 e. The highest BCUT2D eigenvalue weighted by atomic mass is 35.5. The molecule has 2 aromatic rings. The van der Waals surface area contributed by atoms with E-state index in [-0.39, 0.29) is 16.7 Å². The lowest BCUT2D eigenvalue weighted by Gasteiger charge is -2.13. The van der Waals surface area contributed by atoms with E-state index in [9.17, 15) is 13.2 Å². The average molecular weight is 369 g/mol. The van der Waals surface area contributed by atoms with Gasteiger partial charge in [0, 0.05) is 5.69 Å². The first-order chi connectivity index (χ1) is 11.4. The summed E-state index contributed by atoms with van der Waals surface area (Å²) in [5.74, 6) is -0.112. The van der Waals surface area contributed by atoms with Gasteiger partial charge in [0.2, 0.25) is 5.91 Å². The molecule has 24 heavy (non-hydrogen) atoms. The first-order valence-electron chi connectivity index (χ1n) is 6.99. The average Bonchev–Trinajstić information content (AvgIpc) is 2.55. The highest BCUT2D eigenvalue weighted by molar-refractivity contribution is 7.92. The van der Waals surface area contributed by atoms with Crippen molar-refractivity contribution < 1.29 is 17.9 Å². The van der Waals surface area contributed by atoms with Crippen LogP contribution in [0.1, 0.15) is 5.56 Å². The second-order valence-corrected chi connectivity index (χ2v) is 6.97. The number of nitrogens with one attached hydrogen (secondary N) is 2. The van der Waals surface area contributed by atoms with Gasteiger partial charge in [-0.3, -0.25) is 9.52 Å². The van der Waals surface area contributed by atoms with Gasteiger partial charge in [-0.2, -0.15) is 0 Å². The summed E-state index contributed by atoms with van der Waals surface area (Å²) in [6.45, 7) is 1.85. The van der Waals surface area contributed by atoms with E-state index >= 15 is 0 Å². The molecule has 0 unspecified atom stereocenters. The molecule has 2 N–H and O–H groups in total. The number of amides is 1. The Morgan fingerprint density at radius 2 is 1.83 bits per heavy atom. The molecule has 0 fully saturated rings. The summed E-state index contributed by atoms with van der Waals surface area (Å²) in [6, 6.07) is 11.0. The summed E-state index contributed by atoms with van der Waals surface area (Å²) in [6.07, 6.45) is 0. The van der Waals surface area contributed by atoms with E-state index in [1.807, 2.05) is 13.0 Å². The van der Waals surface area contributed by atoms with Crippen LogP contribution >= 0.6 is 11.6 Å². The van der Waals surface area contributed by atoms with Crippen LogP contribution in [0.2, 0.25) is 0 Å². The number of hydrogen-bond donors (Lipinski definition) is 2. The van der Waals surface area contributed by atoms with Crippen molar-refractivity contribution in [2.45, 2.75) is 11.8 Å². The van der Waals surface area contributed by atoms with Crippen LogP contribution in [0.3, 0.4) is 0 Å². The fourth-order valence-corrected chi connectivity index (χ4v) is 3.15. The van der Waals surface area contributed by atoms with Crippen LogP contribution in [0.4, 0.5) is 11.4 Å². The molecule has 2 rings (SSSR count). The Hall–Kier alpha value is -2.25. The molecule has 6 nitrogen and oxygen atoms in total. The van der Waals surface area contributed by atoms with Crippen LogP contribution in [0, 0.1) is 6.92 Å². The molecule has 0 aromatic heterocycles.